The third-order valence-corrected chi connectivity index (χ3v) is 8.58. The number of nitrogens with one attached hydrogen (secondary N) is 1. The Balaban J connectivity index is 1.43. The highest BCUT2D eigenvalue weighted by Gasteiger charge is 2.42. The summed E-state index contributed by atoms with van der Waals surface area (Å²) in [6.07, 6.45) is 1.29. The molecule has 1 N–H and O–H groups in total. The van der Waals surface area contributed by atoms with E-state index in [2.05, 4.69) is 22.1 Å². The van der Waals surface area contributed by atoms with Crippen LogP contribution in [-0.2, 0) is 6.18 Å². The van der Waals surface area contributed by atoms with Crippen molar-refractivity contribution in [3.8, 4) is 5.69 Å². The molecular formula is C31H29ClF3N5S. The van der Waals surface area contributed by atoms with Crippen LogP contribution in [-0.4, -0.2) is 27.8 Å². The lowest BCUT2D eigenvalue weighted by Gasteiger charge is -2.33. The van der Waals surface area contributed by atoms with Crippen LogP contribution in [0, 0.1) is 5.92 Å². The van der Waals surface area contributed by atoms with E-state index in [1.807, 2.05) is 53.4 Å². The smallest absolute Gasteiger partial charge is 0.370 e. The summed E-state index contributed by atoms with van der Waals surface area (Å²) in [7, 11) is 0. The lowest BCUT2D eigenvalue weighted by Crippen LogP contribution is -2.33. The molecule has 0 amide bonds. The Morgan fingerprint density at radius 1 is 0.951 bits per heavy atom. The molecule has 6 rings (SSSR count). The van der Waals surface area contributed by atoms with Crippen LogP contribution in [0.4, 0.5) is 24.5 Å². The highest BCUT2D eigenvalue weighted by Crippen LogP contribution is 2.44. The maximum absolute atomic E-state index is 13.6. The number of halogens is 4. The van der Waals surface area contributed by atoms with Gasteiger partial charge in [0.1, 0.15) is 6.04 Å². The fourth-order valence-electron chi connectivity index (χ4n) is 5.79. The Morgan fingerprint density at radius 3 is 2.46 bits per heavy atom. The second-order valence-corrected chi connectivity index (χ2v) is 11.4. The SMILES string of the molecule is CC1CCN(c2ccc(N3C(=S)N[C@@H](c4ccccn4)[C@@H]3c3cccn3-c3cccc(C(F)(F)F)c3)cc2Cl)CC1. The highest BCUT2D eigenvalue weighted by molar-refractivity contribution is 7.80. The van der Waals surface area contributed by atoms with Crippen molar-refractivity contribution in [2.75, 3.05) is 22.9 Å². The lowest BCUT2D eigenvalue weighted by molar-refractivity contribution is -0.137. The molecule has 41 heavy (non-hydrogen) atoms. The van der Waals surface area contributed by atoms with Gasteiger partial charge in [0.2, 0.25) is 0 Å². The minimum Gasteiger partial charge on any atom is -0.370 e. The van der Waals surface area contributed by atoms with Crippen LogP contribution in [0.3, 0.4) is 0 Å². The van der Waals surface area contributed by atoms with E-state index < -0.39 is 17.8 Å². The fourth-order valence-corrected chi connectivity index (χ4v) is 6.43. The molecule has 0 unspecified atom stereocenters. The molecule has 4 heterocycles. The molecule has 2 atom stereocenters. The number of thiocarbonyl (C=S) groups is 1. The van der Waals surface area contributed by atoms with Crippen LogP contribution in [0.15, 0.2) is 85.2 Å². The number of aromatic nitrogens is 2. The van der Waals surface area contributed by atoms with Crippen molar-refractivity contribution in [3.05, 3.63) is 107 Å². The van der Waals surface area contributed by atoms with Gasteiger partial charge in [0.05, 0.1) is 28.0 Å². The number of hydrogen-bond acceptors (Lipinski definition) is 3. The molecule has 10 heteroatoms. The predicted molar refractivity (Wildman–Crippen MR) is 161 cm³/mol. The Labute approximate surface area is 247 Å². The number of anilines is 2. The first-order valence-electron chi connectivity index (χ1n) is 13.6. The van der Waals surface area contributed by atoms with Gasteiger partial charge < -0.3 is 19.7 Å². The van der Waals surface area contributed by atoms with Crippen molar-refractivity contribution < 1.29 is 13.2 Å². The van der Waals surface area contributed by atoms with E-state index >= 15 is 0 Å². The van der Waals surface area contributed by atoms with Crippen molar-refractivity contribution in [1.82, 2.24) is 14.9 Å². The number of rotatable bonds is 5. The van der Waals surface area contributed by atoms with E-state index in [0.717, 1.165) is 60.8 Å². The molecule has 0 aliphatic carbocycles. The first-order chi connectivity index (χ1) is 19.7. The summed E-state index contributed by atoms with van der Waals surface area (Å²) < 4.78 is 42.5. The molecule has 2 aliphatic heterocycles. The van der Waals surface area contributed by atoms with Gasteiger partial charge in [0.25, 0.3) is 0 Å². The normalized spacial score (nSPS) is 20.0. The molecule has 2 aromatic carbocycles. The summed E-state index contributed by atoms with van der Waals surface area (Å²) in [5.41, 5.74) is 3.02. The molecule has 2 fully saturated rings. The van der Waals surface area contributed by atoms with Gasteiger partial charge in [0.15, 0.2) is 5.11 Å². The van der Waals surface area contributed by atoms with Gasteiger partial charge in [-0.3, -0.25) is 4.98 Å². The van der Waals surface area contributed by atoms with Crippen LogP contribution < -0.4 is 15.1 Å². The average molecular weight is 596 g/mol. The number of hydrogen-bond donors (Lipinski definition) is 1. The van der Waals surface area contributed by atoms with E-state index in [-0.39, 0.29) is 6.04 Å². The zero-order valence-electron chi connectivity index (χ0n) is 22.4. The Hall–Kier alpha value is -3.56. The number of alkyl halides is 3. The third kappa shape index (κ3) is 5.40. The zero-order valence-corrected chi connectivity index (χ0v) is 23.9. The van der Waals surface area contributed by atoms with Crippen molar-refractivity contribution in [2.45, 2.75) is 38.0 Å². The van der Waals surface area contributed by atoms with E-state index in [4.69, 9.17) is 23.8 Å². The van der Waals surface area contributed by atoms with Crippen molar-refractivity contribution in [3.63, 3.8) is 0 Å². The molecule has 2 aromatic heterocycles. The van der Waals surface area contributed by atoms with Crippen LogP contribution >= 0.6 is 23.8 Å². The first kappa shape index (κ1) is 27.6. The number of benzene rings is 2. The predicted octanol–water partition coefficient (Wildman–Crippen LogP) is 7.96. The maximum atomic E-state index is 13.6. The van der Waals surface area contributed by atoms with Gasteiger partial charge in [-0.15, -0.1) is 0 Å². The molecule has 4 aromatic rings. The third-order valence-electron chi connectivity index (χ3n) is 7.97. The molecule has 2 saturated heterocycles. The number of pyridine rings is 1. The van der Waals surface area contributed by atoms with E-state index in [9.17, 15) is 13.2 Å². The Kier molecular flexibility index (Phi) is 7.42. The van der Waals surface area contributed by atoms with E-state index in [1.54, 1.807) is 23.0 Å². The summed E-state index contributed by atoms with van der Waals surface area (Å²) in [4.78, 5) is 8.90. The minimum absolute atomic E-state index is 0.356. The van der Waals surface area contributed by atoms with Crippen LogP contribution in [0.2, 0.25) is 5.02 Å². The standard InChI is InChI=1S/C31H29ClF3N5S/c1-20-12-16-38(17-13-20)26-11-10-23(19-24(26)32)40-29(28(37-30(40)41)25-8-2-3-14-36-25)27-9-5-15-39(27)22-7-4-6-21(18-22)31(33,34)35/h2-11,14-15,18-20,28-29H,12-13,16-17H2,1H3,(H,37,41)/t28-,29-/m0/s1. The van der Waals surface area contributed by atoms with Gasteiger partial charge in [-0.1, -0.05) is 30.7 Å². The van der Waals surface area contributed by atoms with Gasteiger partial charge in [-0.25, -0.2) is 0 Å². The van der Waals surface area contributed by atoms with Crippen LogP contribution in [0.1, 0.15) is 48.8 Å². The summed E-state index contributed by atoms with van der Waals surface area (Å²) in [5, 5.41) is 4.54. The second-order valence-electron chi connectivity index (χ2n) is 10.7. The second kappa shape index (κ2) is 11.0. The maximum Gasteiger partial charge on any atom is 0.416 e. The number of nitrogens with zero attached hydrogens (tertiary/aromatic N) is 4. The minimum atomic E-state index is -4.45. The molecule has 0 spiro atoms. The number of piperidine rings is 1. The van der Waals surface area contributed by atoms with Gasteiger partial charge in [-0.05, 0) is 91.6 Å². The molecule has 0 radical (unpaired) electrons. The van der Waals surface area contributed by atoms with Gasteiger partial charge in [-0.2, -0.15) is 13.2 Å². The molecule has 212 valence electrons. The lowest BCUT2D eigenvalue weighted by atomic mass is 9.98. The van der Waals surface area contributed by atoms with Crippen molar-refractivity contribution >= 4 is 40.3 Å². The molecule has 2 aliphatic rings. The Bertz CT molecular complexity index is 1550. The van der Waals surface area contributed by atoms with Crippen LogP contribution in [0.5, 0.6) is 0 Å². The highest BCUT2D eigenvalue weighted by atomic mass is 35.5. The van der Waals surface area contributed by atoms with Gasteiger partial charge >= 0.3 is 6.18 Å². The molecule has 0 saturated carbocycles. The van der Waals surface area contributed by atoms with E-state index in [1.165, 1.54) is 6.07 Å². The van der Waals surface area contributed by atoms with Crippen LogP contribution in [0.25, 0.3) is 5.69 Å². The quantitative estimate of drug-likeness (QED) is 0.237. The summed E-state index contributed by atoms with van der Waals surface area (Å²) >= 11 is 12.8. The molecule has 5 nitrogen and oxygen atoms in total. The Morgan fingerprint density at radius 2 is 1.76 bits per heavy atom. The molecule has 0 bridgehead atoms. The summed E-state index contributed by atoms with van der Waals surface area (Å²) in [5.74, 6) is 0.703. The monoisotopic (exact) mass is 595 g/mol. The van der Waals surface area contributed by atoms with Crippen molar-refractivity contribution in [1.29, 1.82) is 0 Å². The first-order valence-corrected chi connectivity index (χ1v) is 14.4. The summed E-state index contributed by atoms with van der Waals surface area (Å²) in [6, 6.07) is 19.9. The van der Waals surface area contributed by atoms with Gasteiger partial charge in [0, 0.05) is 42.6 Å². The zero-order chi connectivity index (χ0) is 28.7. The average Bonchev–Trinajstić information content (AvgIpc) is 3.58. The topological polar surface area (TPSA) is 36.3 Å². The summed E-state index contributed by atoms with van der Waals surface area (Å²) in [6.45, 7) is 4.19. The largest absolute Gasteiger partial charge is 0.416 e. The van der Waals surface area contributed by atoms with Crippen molar-refractivity contribution in [2.24, 2.45) is 5.92 Å². The van der Waals surface area contributed by atoms with E-state index in [0.29, 0.717) is 21.7 Å². The molecular weight excluding hydrogens is 567 g/mol. The fraction of sp³-hybridized carbons (Fsp3) is 0.290.